The largest absolute Gasteiger partial charge is 0.398 e. The first-order chi connectivity index (χ1) is 7.16. The molecule has 0 spiro atoms. The molecule has 0 saturated heterocycles. The Bertz CT molecular complexity index is 477. The molecule has 0 radical (unpaired) electrons. The number of hydrogen-bond donors (Lipinski definition) is 1. The van der Waals surface area contributed by atoms with Gasteiger partial charge >= 0.3 is 0 Å². The van der Waals surface area contributed by atoms with E-state index in [1.54, 1.807) is 36.7 Å². The number of hydrogen-bond acceptors (Lipinski definition) is 2. The van der Waals surface area contributed by atoms with E-state index in [9.17, 15) is 0 Å². The zero-order valence-electron chi connectivity index (χ0n) is 7.74. The zero-order chi connectivity index (χ0) is 10.8. The summed E-state index contributed by atoms with van der Waals surface area (Å²) in [6.07, 6.45) is 3.34. The number of aromatic nitrogens is 1. The summed E-state index contributed by atoms with van der Waals surface area (Å²) in [6.45, 7) is 0. The molecule has 2 nitrogen and oxygen atoms in total. The molecular formula is C11H8Cl2N2. The highest BCUT2D eigenvalue weighted by atomic mass is 35.5. The van der Waals surface area contributed by atoms with E-state index >= 15 is 0 Å². The van der Waals surface area contributed by atoms with Crippen molar-refractivity contribution < 1.29 is 0 Å². The molecule has 15 heavy (non-hydrogen) atoms. The third kappa shape index (κ3) is 2.22. The Labute approximate surface area is 97.7 Å². The van der Waals surface area contributed by atoms with Crippen molar-refractivity contribution in [2.24, 2.45) is 0 Å². The van der Waals surface area contributed by atoms with Crippen LogP contribution in [0.1, 0.15) is 0 Å². The van der Waals surface area contributed by atoms with Crippen LogP contribution in [0.15, 0.2) is 36.7 Å². The van der Waals surface area contributed by atoms with Crippen molar-refractivity contribution in [2.75, 3.05) is 5.73 Å². The van der Waals surface area contributed by atoms with Crippen LogP contribution in [-0.4, -0.2) is 4.98 Å². The van der Waals surface area contributed by atoms with Crippen molar-refractivity contribution in [1.29, 1.82) is 0 Å². The maximum absolute atomic E-state index is 5.91. The lowest BCUT2D eigenvalue weighted by Gasteiger charge is -2.05. The third-order valence-corrected chi connectivity index (χ3v) is 2.46. The molecule has 0 unspecified atom stereocenters. The number of rotatable bonds is 1. The average molecular weight is 239 g/mol. The van der Waals surface area contributed by atoms with Crippen LogP contribution in [-0.2, 0) is 0 Å². The SMILES string of the molecule is Nc1ccncc1-c1cc(Cl)cc(Cl)c1. The van der Waals surface area contributed by atoms with Gasteiger partial charge in [0.2, 0.25) is 0 Å². The van der Waals surface area contributed by atoms with E-state index in [1.807, 2.05) is 0 Å². The number of nitrogen functional groups attached to an aromatic ring is 1. The van der Waals surface area contributed by atoms with Gasteiger partial charge in [-0.25, -0.2) is 0 Å². The summed E-state index contributed by atoms with van der Waals surface area (Å²) in [6, 6.07) is 7.03. The third-order valence-electron chi connectivity index (χ3n) is 2.03. The van der Waals surface area contributed by atoms with Gasteiger partial charge in [-0.1, -0.05) is 23.2 Å². The quantitative estimate of drug-likeness (QED) is 0.825. The first-order valence-corrected chi connectivity index (χ1v) is 5.08. The van der Waals surface area contributed by atoms with E-state index in [-0.39, 0.29) is 0 Å². The Kier molecular flexibility index (Phi) is 2.80. The van der Waals surface area contributed by atoms with E-state index in [4.69, 9.17) is 28.9 Å². The maximum Gasteiger partial charge on any atom is 0.0427 e. The topological polar surface area (TPSA) is 38.9 Å². The van der Waals surface area contributed by atoms with Crippen molar-refractivity contribution in [3.8, 4) is 11.1 Å². The Morgan fingerprint density at radius 2 is 1.73 bits per heavy atom. The highest BCUT2D eigenvalue weighted by Gasteiger charge is 2.04. The Morgan fingerprint density at radius 3 is 2.33 bits per heavy atom. The average Bonchev–Trinajstić information content (AvgIpc) is 2.16. The van der Waals surface area contributed by atoms with Crippen LogP contribution in [0.2, 0.25) is 10.0 Å². The van der Waals surface area contributed by atoms with Gasteiger partial charge in [-0.05, 0) is 29.8 Å². The minimum Gasteiger partial charge on any atom is -0.398 e. The van der Waals surface area contributed by atoms with Gasteiger partial charge < -0.3 is 5.73 Å². The standard InChI is InChI=1S/C11H8Cl2N2/c12-8-3-7(4-9(13)5-8)10-6-15-2-1-11(10)14/h1-6H,(H2,14,15). The lowest BCUT2D eigenvalue weighted by molar-refractivity contribution is 1.33. The van der Waals surface area contributed by atoms with Crippen molar-refractivity contribution in [3.05, 3.63) is 46.7 Å². The fourth-order valence-corrected chi connectivity index (χ4v) is 1.88. The molecule has 1 aromatic carbocycles. The van der Waals surface area contributed by atoms with Gasteiger partial charge in [0.15, 0.2) is 0 Å². The summed E-state index contributed by atoms with van der Waals surface area (Å²) in [7, 11) is 0. The minimum absolute atomic E-state index is 0.584. The second-order valence-electron chi connectivity index (χ2n) is 3.12. The summed E-state index contributed by atoms with van der Waals surface area (Å²) in [4.78, 5) is 4.02. The lowest BCUT2D eigenvalue weighted by Crippen LogP contribution is -1.90. The summed E-state index contributed by atoms with van der Waals surface area (Å²) >= 11 is 11.8. The van der Waals surface area contributed by atoms with Crippen LogP contribution in [0.25, 0.3) is 11.1 Å². The molecule has 2 N–H and O–H groups in total. The van der Waals surface area contributed by atoms with Crippen molar-refractivity contribution in [3.63, 3.8) is 0 Å². The van der Waals surface area contributed by atoms with Gasteiger partial charge in [0.25, 0.3) is 0 Å². The van der Waals surface area contributed by atoms with E-state index in [0.717, 1.165) is 11.1 Å². The maximum atomic E-state index is 5.91. The van der Waals surface area contributed by atoms with Crippen LogP contribution in [0.3, 0.4) is 0 Å². The summed E-state index contributed by atoms with van der Waals surface area (Å²) in [5.41, 5.74) is 8.19. The van der Waals surface area contributed by atoms with Gasteiger partial charge in [-0.3, -0.25) is 4.98 Å². The first kappa shape index (κ1) is 10.3. The molecule has 0 fully saturated rings. The molecule has 0 aliphatic heterocycles. The molecule has 0 aliphatic carbocycles. The van der Waals surface area contributed by atoms with E-state index in [0.29, 0.717) is 15.7 Å². The normalized spacial score (nSPS) is 10.3. The Hall–Kier alpha value is -1.25. The molecule has 0 bridgehead atoms. The van der Waals surface area contributed by atoms with Crippen molar-refractivity contribution >= 4 is 28.9 Å². The van der Waals surface area contributed by atoms with Gasteiger partial charge in [0.1, 0.15) is 0 Å². The highest BCUT2D eigenvalue weighted by molar-refractivity contribution is 6.35. The lowest BCUT2D eigenvalue weighted by atomic mass is 10.1. The molecule has 2 aromatic rings. The van der Waals surface area contributed by atoms with Crippen LogP contribution in [0, 0.1) is 0 Å². The second-order valence-corrected chi connectivity index (χ2v) is 3.99. The van der Waals surface area contributed by atoms with Gasteiger partial charge in [0.05, 0.1) is 0 Å². The number of nitrogens with two attached hydrogens (primary N) is 1. The second kappa shape index (κ2) is 4.09. The van der Waals surface area contributed by atoms with Gasteiger partial charge in [-0.15, -0.1) is 0 Å². The first-order valence-electron chi connectivity index (χ1n) is 4.33. The fourth-order valence-electron chi connectivity index (χ4n) is 1.36. The molecule has 1 heterocycles. The summed E-state index contributed by atoms with van der Waals surface area (Å²) in [5.74, 6) is 0. The predicted molar refractivity (Wildman–Crippen MR) is 64.1 cm³/mol. The van der Waals surface area contributed by atoms with E-state index in [2.05, 4.69) is 4.98 Å². The molecule has 0 atom stereocenters. The van der Waals surface area contributed by atoms with Crippen molar-refractivity contribution in [1.82, 2.24) is 4.98 Å². The van der Waals surface area contributed by atoms with Crippen LogP contribution < -0.4 is 5.73 Å². The molecular weight excluding hydrogens is 231 g/mol. The molecule has 76 valence electrons. The Balaban J connectivity index is 2.59. The Morgan fingerprint density at radius 1 is 1.07 bits per heavy atom. The molecule has 1 aromatic heterocycles. The van der Waals surface area contributed by atoms with Crippen molar-refractivity contribution in [2.45, 2.75) is 0 Å². The molecule has 0 saturated carbocycles. The number of nitrogens with zero attached hydrogens (tertiary/aromatic N) is 1. The zero-order valence-corrected chi connectivity index (χ0v) is 9.26. The molecule has 0 aliphatic rings. The van der Waals surface area contributed by atoms with Gasteiger partial charge in [0, 0.05) is 33.7 Å². The molecule has 4 heteroatoms. The summed E-state index contributed by atoms with van der Waals surface area (Å²) < 4.78 is 0. The minimum atomic E-state index is 0.584. The molecule has 2 rings (SSSR count). The fraction of sp³-hybridized carbons (Fsp3) is 0. The number of benzene rings is 1. The van der Waals surface area contributed by atoms with Crippen LogP contribution in [0.5, 0.6) is 0 Å². The smallest absolute Gasteiger partial charge is 0.0427 e. The highest BCUT2D eigenvalue weighted by Crippen LogP contribution is 2.29. The number of pyridine rings is 1. The van der Waals surface area contributed by atoms with E-state index in [1.165, 1.54) is 0 Å². The summed E-state index contributed by atoms with van der Waals surface area (Å²) in [5, 5.41) is 1.17. The monoisotopic (exact) mass is 238 g/mol. The van der Waals surface area contributed by atoms with Crippen LogP contribution >= 0.6 is 23.2 Å². The van der Waals surface area contributed by atoms with Gasteiger partial charge in [-0.2, -0.15) is 0 Å². The van der Waals surface area contributed by atoms with Crippen LogP contribution in [0.4, 0.5) is 5.69 Å². The predicted octanol–water partition coefficient (Wildman–Crippen LogP) is 3.64. The number of anilines is 1. The number of halogens is 2. The van der Waals surface area contributed by atoms with E-state index < -0.39 is 0 Å². The molecule has 0 amide bonds.